The number of hydrogen-bond donors (Lipinski definition) is 0. The van der Waals surface area contributed by atoms with Crippen molar-refractivity contribution in [1.82, 2.24) is 0 Å². The first-order chi connectivity index (χ1) is 11.7. The van der Waals surface area contributed by atoms with Crippen LogP contribution in [-0.2, 0) is 16.2 Å². The lowest BCUT2D eigenvalue weighted by Crippen LogP contribution is -2.26. The molecule has 1 fully saturated rings. The van der Waals surface area contributed by atoms with Gasteiger partial charge in [-0.15, -0.1) is 0 Å². The molecule has 2 heteroatoms. The van der Waals surface area contributed by atoms with Crippen LogP contribution < -0.4 is 0 Å². The first-order valence-electron chi connectivity index (χ1n) is 10.2. The molecule has 0 amide bonds. The van der Waals surface area contributed by atoms with Crippen LogP contribution in [0.5, 0.6) is 0 Å². The fourth-order valence-corrected chi connectivity index (χ4v) is 5.31. The largest absolute Gasteiger partial charge is 0.289 e. The normalized spacial score (nSPS) is 17.4. The first-order valence-corrected chi connectivity index (χ1v) is 11.3. The van der Waals surface area contributed by atoms with Gasteiger partial charge >= 0.3 is 0 Å². The lowest BCUT2D eigenvalue weighted by Gasteiger charge is -2.33. The summed E-state index contributed by atoms with van der Waals surface area (Å²) in [4.78, 5) is 13.5. The van der Waals surface area contributed by atoms with Gasteiger partial charge in [-0.2, -0.15) is 0 Å². The van der Waals surface area contributed by atoms with Crippen molar-refractivity contribution in [3.8, 4) is 0 Å². The summed E-state index contributed by atoms with van der Waals surface area (Å²) in [6.07, 6.45) is 5.07. The van der Waals surface area contributed by atoms with Crippen LogP contribution in [0.15, 0.2) is 12.1 Å². The summed E-state index contributed by atoms with van der Waals surface area (Å²) in [5.41, 5.74) is 5.87. The molecule has 0 bridgehead atoms. The minimum Gasteiger partial charge on any atom is -0.289 e. The van der Waals surface area contributed by atoms with Gasteiger partial charge in [0, 0.05) is 5.56 Å². The third-order valence-corrected chi connectivity index (χ3v) is 7.04. The summed E-state index contributed by atoms with van der Waals surface area (Å²) in [6, 6.07) is 4.64. The van der Waals surface area contributed by atoms with Crippen LogP contribution in [0.2, 0.25) is 0 Å². The van der Waals surface area contributed by atoms with E-state index in [1.807, 2.05) is 0 Å². The number of carbonyl (C=O) groups excluding carboxylic acids is 1. The summed E-state index contributed by atoms with van der Waals surface area (Å²) in [5.74, 6) is 0. The summed E-state index contributed by atoms with van der Waals surface area (Å²) in [5, 5.41) is 0. The van der Waals surface area contributed by atoms with Crippen molar-refractivity contribution in [2.24, 2.45) is 0 Å². The molecular weight excluding hydrogens is 335 g/mol. The van der Waals surface area contributed by atoms with Crippen LogP contribution in [0.25, 0.3) is 0 Å². The Morgan fingerprint density at radius 2 is 1.23 bits per heavy atom. The van der Waals surface area contributed by atoms with Gasteiger partial charge in [-0.05, 0) is 60.0 Å². The Balaban J connectivity index is 2.67. The molecule has 1 atom stereocenters. The fraction of sp³-hybridized carbons (Fsp3) is 0.708. The molecular formula is C24H39OP. The quantitative estimate of drug-likeness (QED) is 0.506. The molecule has 1 unspecified atom stereocenters. The fourth-order valence-electron chi connectivity index (χ4n) is 3.83. The molecule has 2 rings (SSSR count). The highest BCUT2D eigenvalue weighted by Gasteiger charge is 2.32. The van der Waals surface area contributed by atoms with Crippen LogP contribution in [0, 0.1) is 0 Å². The van der Waals surface area contributed by atoms with Crippen LogP contribution >= 0.6 is 8.58 Å². The van der Waals surface area contributed by atoms with Crippen molar-refractivity contribution in [2.45, 2.75) is 110 Å². The Morgan fingerprint density at radius 1 is 0.808 bits per heavy atom. The number of hydrogen-bond acceptors (Lipinski definition) is 1. The molecule has 1 aromatic carbocycles. The zero-order valence-corrected chi connectivity index (χ0v) is 19.5. The second kappa shape index (κ2) is 7.38. The van der Waals surface area contributed by atoms with Crippen molar-refractivity contribution < 1.29 is 4.79 Å². The van der Waals surface area contributed by atoms with Crippen LogP contribution in [0.4, 0.5) is 0 Å². The number of benzene rings is 1. The zero-order chi connectivity index (χ0) is 19.9. The van der Waals surface area contributed by atoms with Crippen molar-refractivity contribution in [1.29, 1.82) is 0 Å². The SMILES string of the molecule is CC(C)(C)c1cc(C(C)(C)C)c(C(=O)PC2CCCC2)c(C(C)(C)C)c1. The third-order valence-electron chi connectivity index (χ3n) is 5.54. The first kappa shape index (κ1) is 21.6. The van der Waals surface area contributed by atoms with Gasteiger partial charge in [-0.25, -0.2) is 0 Å². The smallest absolute Gasteiger partial charge is 0.181 e. The van der Waals surface area contributed by atoms with E-state index in [4.69, 9.17) is 0 Å². The molecule has 1 saturated carbocycles. The van der Waals surface area contributed by atoms with E-state index >= 15 is 0 Å². The second-order valence-electron chi connectivity index (χ2n) is 11.2. The average Bonchev–Trinajstić information content (AvgIpc) is 2.95. The van der Waals surface area contributed by atoms with Gasteiger partial charge < -0.3 is 0 Å². The van der Waals surface area contributed by atoms with Crippen molar-refractivity contribution >= 4 is 14.1 Å². The van der Waals surface area contributed by atoms with Gasteiger partial charge in [0.25, 0.3) is 0 Å². The Kier molecular flexibility index (Phi) is 6.14. The highest BCUT2D eigenvalue weighted by atomic mass is 31.1. The summed E-state index contributed by atoms with van der Waals surface area (Å²) < 4.78 is 0. The topological polar surface area (TPSA) is 17.1 Å². The van der Waals surface area contributed by atoms with Gasteiger partial charge in [0.15, 0.2) is 5.52 Å². The Labute approximate surface area is 163 Å². The van der Waals surface area contributed by atoms with E-state index < -0.39 is 0 Å². The molecule has 0 saturated heterocycles. The monoisotopic (exact) mass is 374 g/mol. The van der Waals surface area contributed by atoms with Gasteiger partial charge in [0.1, 0.15) is 0 Å². The third kappa shape index (κ3) is 4.98. The molecule has 1 aliphatic rings. The van der Waals surface area contributed by atoms with E-state index in [9.17, 15) is 4.79 Å². The maximum atomic E-state index is 13.5. The zero-order valence-electron chi connectivity index (χ0n) is 18.5. The van der Waals surface area contributed by atoms with E-state index in [-0.39, 0.29) is 16.2 Å². The van der Waals surface area contributed by atoms with E-state index in [1.54, 1.807) is 0 Å². The van der Waals surface area contributed by atoms with E-state index in [1.165, 1.54) is 42.4 Å². The number of rotatable bonds is 3. The number of carbonyl (C=O) groups is 1. The average molecular weight is 375 g/mol. The van der Waals surface area contributed by atoms with Crippen LogP contribution in [-0.4, -0.2) is 11.2 Å². The minimum absolute atomic E-state index is 0.0353. The van der Waals surface area contributed by atoms with E-state index in [2.05, 4.69) is 74.4 Å². The maximum Gasteiger partial charge on any atom is 0.181 e. The molecule has 0 spiro atoms. The van der Waals surface area contributed by atoms with Crippen molar-refractivity contribution in [2.75, 3.05) is 0 Å². The predicted molar refractivity (Wildman–Crippen MR) is 117 cm³/mol. The minimum atomic E-state index is -0.0353. The molecule has 0 aromatic heterocycles. The van der Waals surface area contributed by atoms with Gasteiger partial charge in [0.05, 0.1) is 0 Å². The Hall–Kier alpha value is -0.680. The summed E-state index contributed by atoms with van der Waals surface area (Å²) >= 11 is 0. The highest BCUT2D eigenvalue weighted by Crippen LogP contribution is 2.43. The van der Waals surface area contributed by atoms with Crippen molar-refractivity contribution in [3.05, 3.63) is 34.4 Å². The molecule has 1 aliphatic carbocycles. The predicted octanol–water partition coefficient (Wildman–Crippen LogP) is 7.34. The van der Waals surface area contributed by atoms with Gasteiger partial charge in [0.2, 0.25) is 0 Å². The standard InChI is InChI=1S/C24H39OP/c1-22(2,3)16-14-18(23(4,5)6)20(19(15-16)24(7,8)9)21(25)26-17-12-10-11-13-17/h14-15,17,26H,10-13H2,1-9H3. The van der Waals surface area contributed by atoms with E-state index in [0.717, 1.165) is 5.56 Å². The van der Waals surface area contributed by atoms with Crippen LogP contribution in [0.1, 0.15) is 115 Å². The molecule has 0 aliphatic heterocycles. The molecule has 0 heterocycles. The molecule has 1 aromatic rings. The summed E-state index contributed by atoms with van der Waals surface area (Å²) in [6.45, 7) is 20.3. The van der Waals surface area contributed by atoms with Gasteiger partial charge in [-0.3, -0.25) is 4.79 Å². The molecule has 1 nitrogen and oxygen atoms in total. The molecule has 26 heavy (non-hydrogen) atoms. The molecule has 0 radical (unpaired) electrons. The molecule has 0 N–H and O–H groups in total. The maximum absolute atomic E-state index is 13.5. The Morgan fingerprint density at radius 3 is 1.58 bits per heavy atom. The van der Waals surface area contributed by atoms with Gasteiger partial charge in [-0.1, -0.05) is 87.3 Å². The second-order valence-corrected chi connectivity index (χ2v) is 12.7. The highest BCUT2D eigenvalue weighted by molar-refractivity contribution is 7.59. The lowest BCUT2D eigenvalue weighted by molar-refractivity contribution is 0.108. The summed E-state index contributed by atoms with van der Waals surface area (Å²) in [7, 11) is 0.433. The van der Waals surface area contributed by atoms with E-state index in [0.29, 0.717) is 19.8 Å². The molecule has 146 valence electrons. The Bertz CT molecular complexity index is 624. The lowest BCUT2D eigenvalue weighted by atomic mass is 9.72. The van der Waals surface area contributed by atoms with Crippen LogP contribution in [0.3, 0.4) is 0 Å². The van der Waals surface area contributed by atoms with Crippen molar-refractivity contribution in [3.63, 3.8) is 0 Å².